The van der Waals surface area contributed by atoms with Crippen LogP contribution in [0.15, 0.2) is 182 Å². The van der Waals surface area contributed by atoms with Gasteiger partial charge in [-0.2, -0.15) is 0 Å². The van der Waals surface area contributed by atoms with E-state index in [4.69, 9.17) is 0 Å². The van der Waals surface area contributed by atoms with Crippen LogP contribution in [0.2, 0.25) is 0 Å². The predicted molar refractivity (Wildman–Crippen MR) is 229 cm³/mol. The first kappa shape index (κ1) is 33.3. The fraction of sp³-hybridized carbons (Fsp3) is 0.127. The van der Waals surface area contributed by atoms with Crippen LogP contribution >= 0.6 is 0 Å². The number of hydrogen-bond donors (Lipinski definition) is 0. The molecule has 0 amide bonds. The summed E-state index contributed by atoms with van der Waals surface area (Å²) in [6, 6.07) is 69.3. The Balaban J connectivity index is 1.08. The van der Waals surface area contributed by atoms with Crippen LogP contribution in [-0.2, 0) is 17.3 Å². The number of hydrogen-bond acceptors (Lipinski definition) is 0. The molecule has 1 atom stereocenters. The second kappa shape index (κ2) is 12.7. The molecule has 0 saturated carbocycles. The molecule has 0 spiro atoms. The van der Waals surface area contributed by atoms with Gasteiger partial charge in [0.05, 0.1) is 10.8 Å². The summed E-state index contributed by atoms with van der Waals surface area (Å²) in [4.78, 5) is 0. The summed E-state index contributed by atoms with van der Waals surface area (Å²) >= 11 is 0. The van der Waals surface area contributed by atoms with Crippen LogP contribution in [0.5, 0.6) is 0 Å². The zero-order chi connectivity index (χ0) is 37.3. The SMILES string of the molecule is Cc1ccc(C2(c3ccc(C)cc3)c3ccccc3-c3cc(Cc4ccc(C5(c6ccc(C)cc6)c6ccccc6-c6c(C)cccc65)cc4)ccc32)cc1. The van der Waals surface area contributed by atoms with E-state index in [1.807, 2.05) is 0 Å². The van der Waals surface area contributed by atoms with Gasteiger partial charge in [-0.1, -0.05) is 199 Å². The second-order valence-corrected chi connectivity index (χ2v) is 15.9. The largest absolute Gasteiger partial charge is 0.0713 e. The second-order valence-electron chi connectivity index (χ2n) is 15.9. The van der Waals surface area contributed by atoms with E-state index in [9.17, 15) is 0 Å². The zero-order valence-electron chi connectivity index (χ0n) is 32.0. The Hall–Kier alpha value is -6.24. The van der Waals surface area contributed by atoms with E-state index < -0.39 is 5.41 Å². The maximum atomic E-state index is 2.46. The van der Waals surface area contributed by atoms with Gasteiger partial charge in [0.15, 0.2) is 0 Å². The molecule has 2 aliphatic rings. The third-order valence-corrected chi connectivity index (χ3v) is 12.6. The van der Waals surface area contributed by atoms with E-state index in [0.29, 0.717) is 0 Å². The summed E-state index contributed by atoms with van der Waals surface area (Å²) in [7, 11) is 0. The van der Waals surface area contributed by atoms with Crippen LogP contribution in [0.3, 0.4) is 0 Å². The van der Waals surface area contributed by atoms with Gasteiger partial charge in [0, 0.05) is 0 Å². The molecule has 264 valence electrons. The van der Waals surface area contributed by atoms with Crippen LogP contribution in [0, 0.1) is 27.7 Å². The van der Waals surface area contributed by atoms with Crippen molar-refractivity contribution in [2.75, 3.05) is 0 Å². The lowest BCUT2D eigenvalue weighted by Gasteiger charge is -2.34. The van der Waals surface area contributed by atoms with Crippen molar-refractivity contribution in [3.05, 3.63) is 260 Å². The first-order chi connectivity index (χ1) is 26.9. The van der Waals surface area contributed by atoms with Crippen LogP contribution in [0.25, 0.3) is 22.3 Å². The molecule has 0 aliphatic heterocycles. The third kappa shape index (κ3) is 4.91. The minimum absolute atomic E-state index is 0.385. The Labute approximate surface area is 325 Å². The van der Waals surface area contributed by atoms with Crippen molar-refractivity contribution < 1.29 is 0 Å². The van der Waals surface area contributed by atoms with Crippen molar-refractivity contribution in [1.29, 1.82) is 0 Å². The quantitative estimate of drug-likeness (QED) is 0.162. The molecule has 0 heteroatoms. The Bertz CT molecular complexity index is 2680. The van der Waals surface area contributed by atoms with Gasteiger partial charge < -0.3 is 0 Å². The molecule has 0 radical (unpaired) electrons. The first-order valence-corrected chi connectivity index (χ1v) is 19.6. The summed E-state index contributed by atoms with van der Waals surface area (Å²) in [5.74, 6) is 0. The van der Waals surface area contributed by atoms with E-state index in [-0.39, 0.29) is 5.41 Å². The van der Waals surface area contributed by atoms with Gasteiger partial charge in [0.25, 0.3) is 0 Å². The van der Waals surface area contributed by atoms with E-state index in [1.54, 1.807) is 0 Å². The fourth-order valence-corrected chi connectivity index (χ4v) is 10.0. The normalized spacial score (nSPS) is 15.9. The van der Waals surface area contributed by atoms with Crippen molar-refractivity contribution in [1.82, 2.24) is 0 Å². The molecule has 1 unspecified atom stereocenters. The standard InChI is InChI=1S/C55H44/c1-36-16-25-42(26-17-36)54(43-27-18-37(2)19-28-43)49-13-7-5-11-46(49)48-35-41(24-33-51(48)54)34-40-22-31-45(32-23-40)55(44-29-20-38(3)21-30-44)50-14-8-6-12-47(50)53-39(4)10-9-15-52(53)55/h5-33,35H,34H2,1-4H3. The maximum Gasteiger partial charge on any atom is 0.0713 e. The topological polar surface area (TPSA) is 0 Å². The van der Waals surface area contributed by atoms with Gasteiger partial charge in [-0.25, -0.2) is 0 Å². The van der Waals surface area contributed by atoms with Crippen LogP contribution in [0.4, 0.5) is 0 Å². The molecule has 0 saturated heterocycles. The number of fused-ring (bicyclic) bond motifs is 6. The number of aryl methyl sites for hydroxylation is 4. The van der Waals surface area contributed by atoms with Crippen LogP contribution in [0.1, 0.15) is 77.9 Å². The zero-order valence-corrected chi connectivity index (χ0v) is 32.0. The van der Waals surface area contributed by atoms with Crippen molar-refractivity contribution >= 4 is 0 Å². The fourth-order valence-electron chi connectivity index (χ4n) is 10.0. The monoisotopic (exact) mass is 704 g/mol. The highest BCUT2D eigenvalue weighted by Gasteiger charge is 2.47. The average Bonchev–Trinajstić information content (AvgIpc) is 3.68. The highest BCUT2D eigenvalue weighted by molar-refractivity contribution is 5.89. The molecule has 0 nitrogen and oxygen atoms in total. The van der Waals surface area contributed by atoms with Crippen molar-refractivity contribution in [2.45, 2.75) is 44.9 Å². The smallest absolute Gasteiger partial charge is 0.0619 e. The summed E-state index contributed by atoms with van der Waals surface area (Å²) in [6.07, 6.45) is 0.863. The molecule has 0 fully saturated rings. The lowest BCUT2D eigenvalue weighted by Crippen LogP contribution is -2.28. The highest BCUT2D eigenvalue weighted by Crippen LogP contribution is 2.58. The number of rotatable bonds is 6. The Kier molecular flexibility index (Phi) is 7.68. The maximum absolute atomic E-state index is 2.46. The van der Waals surface area contributed by atoms with E-state index in [2.05, 4.69) is 210 Å². The predicted octanol–water partition coefficient (Wildman–Crippen LogP) is 13.2. The van der Waals surface area contributed by atoms with Gasteiger partial charge in [0.2, 0.25) is 0 Å². The van der Waals surface area contributed by atoms with Gasteiger partial charge in [-0.3, -0.25) is 0 Å². The Morgan fingerprint density at radius 1 is 0.327 bits per heavy atom. The molecule has 55 heavy (non-hydrogen) atoms. The third-order valence-electron chi connectivity index (χ3n) is 12.6. The van der Waals surface area contributed by atoms with Crippen molar-refractivity contribution in [3.8, 4) is 22.3 Å². The van der Waals surface area contributed by atoms with Crippen molar-refractivity contribution in [3.63, 3.8) is 0 Å². The summed E-state index contributed by atoms with van der Waals surface area (Å²) < 4.78 is 0. The average molecular weight is 705 g/mol. The van der Waals surface area contributed by atoms with E-state index in [0.717, 1.165) is 6.42 Å². The van der Waals surface area contributed by atoms with Gasteiger partial charge in [0.1, 0.15) is 0 Å². The lowest BCUT2D eigenvalue weighted by atomic mass is 9.67. The summed E-state index contributed by atoms with van der Waals surface area (Å²) in [6.45, 7) is 8.78. The molecule has 0 heterocycles. The summed E-state index contributed by atoms with van der Waals surface area (Å²) in [5, 5.41) is 0. The van der Waals surface area contributed by atoms with E-state index in [1.165, 1.54) is 100 Å². The molecular formula is C55H44. The van der Waals surface area contributed by atoms with Crippen LogP contribution < -0.4 is 0 Å². The molecule has 10 rings (SSSR count). The highest BCUT2D eigenvalue weighted by atomic mass is 14.5. The van der Waals surface area contributed by atoms with Gasteiger partial charge >= 0.3 is 0 Å². The summed E-state index contributed by atoms with van der Waals surface area (Å²) in [5.41, 5.74) is 23.0. The Morgan fingerprint density at radius 3 is 1.31 bits per heavy atom. The minimum atomic E-state index is -0.392. The lowest BCUT2D eigenvalue weighted by molar-refractivity contribution is 0.766. The molecule has 0 aromatic heterocycles. The van der Waals surface area contributed by atoms with Gasteiger partial charge in [-0.05, 0) is 118 Å². The minimum Gasteiger partial charge on any atom is -0.0619 e. The molecular weight excluding hydrogens is 661 g/mol. The van der Waals surface area contributed by atoms with Crippen LogP contribution in [-0.4, -0.2) is 0 Å². The molecule has 0 N–H and O–H groups in total. The Morgan fingerprint density at radius 2 is 0.745 bits per heavy atom. The molecule has 0 bridgehead atoms. The molecule has 8 aromatic rings. The van der Waals surface area contributed by atoms with Gasteiger partial charge in [-0.15, -0.1) is 0 Å². The molecule has 8 aromatic carbocycles. The number of benzene rings is 8. The van der Waals surface area contributed by atoms with Crippen molar-refractivity contribution in [2.24, 2.45) is 0 Å². The first-order valence-electron chi connectivity index (χ1n) is 19.6. The van der Waals surface area contributed by atoms with E-state index >= 15 is 0 Å². The molecule has 2 aliphatic carbocycles.